The van der Waals surface area contributed by atoms with E-state index in [1.807, 2.05) is 6.07 Å². The zero-order valence-corrected chi connectivity index (χ0v) is 16.2. The lowest BCUT2D eigenvalue weighted by molar-refractivity contribution is -0.136. The Bertz CT molecular complexity index is 798. The van der Waals surface area contributed by atoms with E-state index >= 15 is 0 Å². The van der Waals surface area contributed by atoms with Crippen molar-refractivity contribution in [3.05, 3.63) is 52.9 Å². The fourth-order valence-corrected chi connectivity index (χ4v) is 3.60. The van der Waals surface area contributed by atoms with Gasteiger partial charge >= 0.3 is 0 Å². The second kappa shape index (κ2) is 8.48. The smallest absolute Gasteiger partial charge is 0.289 e. The first-order chi connectivity index (χ1) is 13.0. The van der Waals surface area contributed by atoms with Gasteiger partial charge in [-0.15, -0.1) is 0 Å². The molecule has 1 fully saturated rings. The van der Waals surface area contributed by atoms with E-state index in [9.17, 15) is 9.59 Å². The summed E-state index contributed by atoms with van der Waals surface area (Å²) in [7, 11) is 3.38. The van der Waals surface area contributed by atoms with Crippen molar-refractivity contribution in [3.63, 3.8) is 0 Å². The normalized spacial score (nSPS) is 14.9. The molecule has 1 aliphatic heterocycles. The minimum atomic E-state index is -0.122. The third-order valence-corrected chi connectivity index (χ3v) is 5.12. The molecule has 1 aromatic carbocycles. The van der Waals surface area contributed by atoms with E-state index < -0.39 is 0 Å². The first kappa shape index (κ1) is 19.3. The number of halogens is 1. The van der Waals surface area contributed by atoms with Gasteiger partial charge in [0.1, 0.15) is 5.75 Å². The van der Waals surface area contributed by atoms with Crippen LogP contribution >= 0.6 is 11.6 Å². The molecule has 6 nitrogen and oxygen atoms in total. The van der Waals surface area contributed by atoms with Crippen molar-refractivity contribution in [2.45, 2.75) is 19.4 Å². The number of rotatable bonds is 5. The summed E-state index contributed by atoms with van der Waals surface area (Å²) in [6, 6.07) is 8.73. The molecule has 2 amide bonds. The molecule has 0 saturated carbocycles. The van der Waals surface area contributed by atoms with Crippen LogP contribution in [0.2, 0.25) is 5.02 Å². The quantitative estimate of drug-likeness (QED) is 0.784. The van der Waals surface area contributed by atoms with Crippen molar-refractivity contribution in [2.24, 2.45) is 5.92 Å². The molecule has 0 spiro atoms. The summed E-state index contributed by atoms with van der Waals surface area (Å²) in [5.41, 5.74) is 0.867. The Morgan fingerprint density at radius 3 is 2.67 bits per heavy atom. The van der Waals surface area contributed by atoms with Crippen LogP contribution in [0.3, 0.4) is 0 Å². The fraction of sp³-hybridized carbons (Fsp3) is 0.400. The summed E-state index contributed by atoms with van der Waals surface area (Å²) >= 11 is 6.07. The van der Waals surface area contributed by atoms with E-state index in [-0.39, 0.29) is 17.7 Å². The third kappa shape index (κ3) is 4.45. The number of benzene rings is 1. The fourth-order valence-electron chi connectivity index (χ4n) is 3.40. The van der Waals surface area contributed by atoms with E-state index in [0.29, 0.717) is 49.0 Å². The van der Waals surface area contributed by atoms with E-state index in [1.165, 1.54) is 6.26 Å². The molecule has 1 aromatic heterocycles. The number of carbonyl (C=O) groups excluding carboxylic acids is 2. The summed E-state index contributed by atoms with van der Waals surface area (Å²) in [6.45, 7) is 1.52. The molecule has 1 saturated heterocycles. The summed E-state index contributed by atoms with van der Waals surface area (Å²) in [5, 5.41) is 0.608. The van der Waals surface area contributed by atoms with Crippen molar-refractivity contribution in [3.8, 4) is 5.75 Å². The molecule has 0 aliphatic carbocycles. The minimum Gasteiger partial charge on any atom is -0.496 e. The van der Waals surface area contributed by atoms with Gasteiger partial charge in [-0.1, -0.05) is 11.6 Å². The Morgan fingerprint density at radius 2 is 2.04 bits per heavy atom. The Morgan fingerprint density at radius 1 is 1.30 bits per heavy atom. The minimum absolute atomic E-state index is 0.0714. The second-order valence-corrected chi connectivity index (χ2v) is 7.13. The van der Waals surface area contributed by atoms with Gasteiger partial charge in [0.15, 0.2) is 5.76 Å². The molecule has 0 unspecified atom stereocenters. The zero-order chi connectivity index (χ0) is 19.4. The van der Waals surface area contributed by atoms with E-state index in [4.69, 9.17) is 20.8 Å². The van der Waals surface area contributed by atoms with Gasteiger partial charge < -0.3 is 19.0 Å². The summed E-state index contributed by atoms with van der Waals surface area (Å²) in [5.74, 6) is 0.897. The molecule has 7 heteroatoms. The number of ether oxygens (including phenoxy) is 1. The topological polar surface area (TPSA) is 63.0 Å². The lowest BCUT2D eigenvalue weighted by atomic mass is 9.95. The van der Waals surface area contributed by atoms with Crippen molar-refractivity contribution in [2.75, 3.05) is 27.2 Å². The average Bonchev–Trinajstić information content (AvgIpc) is 3.22. The van der Waals surface area contributed by atoms with Crippen LogP contribution < -0.4 is 4.74 Å². The first-order valence-corrected chi connectivity index (χ1v) is 9.27. The Balaban J connectivity index is 1.57. The molecular weight excluding hydrogens is 368 g/mol. The van der Waals surface area contributed by atoms with Crippen LogP contribution in [-0.4, -0.2) is 48.9 Å². The van der Waals surface area contributed by atoms with Crippen LogP contribution in [0, 0.1) is 5.92 Å². The second-order valence-electron chi connectivity index (χ2n) is 6.69. The summed E-state index contributed by atoms with van der Waals surface area (Å²) < 4.78 is 10.5. The van der Waals surface area contributed by atoms with E-state index in [1.54, 1.807) is 48.2 Å². The molecule has 144 valence electrons. The first-order valence-electron chi connectivity index (χ1n) is 8.89. The number of piperidine rings is 1. The number of furan rings is 1. The average molecular weight is 391 g/mol. The molecular formula is C20H23ClN2O4. The molecule has 3 rings (SSSR count). The molecule has 0 N–H and O–H groups in total. The maximum Gasteiger partial charge on any atom is 0.289 e. The lowest BCUT2D eigenvalue weighted by Crippen LogP contribution is -2.43. The number of nitrogens with zero attached hydrogens (tertiary/aromatic N) is 2. The largest absolute Gasteiger partial charge is 0.496 e. The number of methoxy groups -OCH3 is 1. The third-order valence-electron chi connectivity index (χ3n) is 4.89. The number of hydrogen-bond acceptors (Lipinski definition) is 4. The van der Waals surface area contributed by atoms with Gasteiger partial charge in [0, 0.05) is 43.2 Å². The Hall–Kier alpha value is -2.47. The van der Waals surface area contributed by atoms with Crippen molar-refractivity contribution < 1.29 is 18.7 Å². The van der Waals surface area contributed by atoms with Gasteiger partial charge in [0.2, 0.25) is 5.91 Å². The van der Waals surface area contributed by atoms with Gasteiger partial charge in [-0.3, -0.25) is 9.59 Å². The maximum absolute atomic E-state index is 12.8. The van der Waals surface area contributed by atoms with Gasteiger partial charge in [0.25, 0.3) is 5.91 Å². The highest BCUT2D eigenvalue weighted by Crippen LogP contribution is 2.26. The zero-order valence-electron chi connectivity index (χ0n) is 15.5. The van der Waals surface area contributed by atoms with Crippen LogP contribution in [0.25, 0.3) is 0 Å². The number of hydrogen-bond donors (Lipinski definition) is 0. The highest BCUT2D eigenvalue weighted by Gasteiger charge is 2.30. The van der Waals surface area contributed by atoms with Crippen LogP contribution in [0.5, 0.6) is 5.75 Å². The van der Waals surface area contributed by atoms with E-state index in [0.717, 1.165) is 5.56 Å². The SMILES string of the molecule is COc1ccc(Cl)cc1CN(C)C(=O)C1CCN(C(=O)c2ccco2)CC1. The number of amides is 2. The molecule has 27 heavy (non-hydrogen) atoms. The number of likely N-dealkylation sites (tertiary alicyclic amines) is 1. The van der Waals surface area contributed by atoms with E-state index in [2.05, 4.69) is 0 Å². The molecule has 1 aliphatic rings. The van der Waals surface area contributed by atoms with Gasteiger partial charge in [-0.2, -0.15) is 0 Å². The molecule has 2 aromatic rings. The van der Waals surface area contributed by atoms with Gasteiger partial charge in [-0.05, 0) is 43.2 Å². The van der Waals surface area contributed by atoms with Crippen LogP contribution in [0.4, 0.5) is 0 Å². The molecule has 0 atom stereocenters. The Kier molecular flexibility index (Phi) is 6.06. The highest BCUT2D eigenvalue weighted by molar-refractivity contribution is 6.30. The Labute approximate surface area is 163 Å². The van der Waals surface area contributed by atoms with Gasteiger partial charge in [0.05, 0.1) is 13.4 Å². The predicted octanol–water partition coefficient (Wildman–Crippen LogP) is 3.45. The summed E-state index contributed by atoms with van der Waals surface area (Å²) in [4.78, 5) is 28.6. The van der Waals surface area contributed by atoms with Crippen LogP contribution in [0.15, 0.2) is 41.0 Å². The molecule has 0 radical (unpaired) electrons. The highest BCUT2D eigenvalue weighted by atomic mass is 35.5. The maximum atomic E-state index is 12.8. The van der Waals surface area contributed by atoms with Crippen LogP contribution in [-0.2, 0) is 11.3 Å². The number of carbonyl (C=O) groups is 2. The van der Waals surface area contributed by atoms with Crippen LogP contribution in [0.1, 0.15) is 29.0 Å². The summed E-state index contributed by atoms with van der Waals surface area (Å²) in [6.07, 6.45) is 2.77. The predicted molar refractivity (Wildman–Crippen MR) is 102 cm³/mol. The van der Waals surface area contributed by atoms with Crippen molar-refractivity contribution in [1.29, 1.82) is 0 Å². The van der Waals surface area contributed by atoms with Crippen molar-refractivity contribution in [1.82, 2.24) is 9.80 Å². The molecule has 0 bridgehead atoms. The standard InChI is InChI=1S/C20H23ClN2O4/c1-22(13-15-12-16(21)5-6-17(15)26-2)19(24)14-7-9-23(10-8-14)20(25)18-4-3-11-27-18/h3-6,11-12,14H,7-10,13H2,1-2H3. The molecule has 2 heterocycles. The lowest BCUT2D eigenvalue weighted by Gasteiger charge is -2.33. The van der Waals surface area contributed by atoms with Gasteiger partial charge in [-0.25, -0.2) is 0 Å². The monoisotopic (exact) mass is 390 g/mol. The van der Waals surface area contributed by atoms with Crippen molar-refractivity contribution >= 4 is 23.4 Å².